The lowest BCUT2D eigenvalue weighted by Crippen LogP contribution is -2.33. The van der Waals surface area contributed by atoms with Crippen LogP contribution in [-0.4, -0.2) is 40.0 Å². The standard InChI is InChI=1S/C19H16N2O4S/c1-12-3-2-4-14(9-12)18(24)20-15-7-5-13(6-8-15)16(22)10-21-17(23)11-26-19(21)25/h2-9H,10-11H2,1H3,(H,20,24). The molecule has 3 amide bonds. The van der Waals surface area contributed by atoms with Crippen molar-refractivity contribution in [3.8, 4) is 0 Å². The molecule has 2 aromatic carbocycles. The number of hydrogen-bond acceptors (Lipinski definition) is 5. The van der Waals surface area contributed by atoms with Crippen LogP contribution in [0.2, 0.25) is 0 Å². The Morgan fingerprint density at radius 1 is 1.08 bits per heavy atom. The summed E-state index contributed by atoms with van der Waals surface area (Å²) in [7, 11) is 0. The summed E-state index contributed by atoms with van der Waals surface area (Å²) in [6.45, 7) is 1.64. The van der Waals surface area contributed by atoms with Crippen LogP contribution in [0.15, 0.2) is 48.5 Å². The first-order valence-electron chi connectivity index (χ1n) is 7.92. The third kappa shape index (κ3) is 4.00. The van der Waals surface area contributed by atoms with Crippen molar-refractivity contribution in [2.45, 2.75) is 6.92 Å². The van der Waals surface area contributed by atoms with Crippen LogP contribution in [0, 0.1) is 6.92 Å². The number of Topliss-reactive ketones (excluding diaryl/α,β-unsaturated/α-hetero) is 1. The summed E-state index contributed by atoms with van der Waals surface area (Å²) in [5.74, 6) is -0.838. The number of anilines is 1. The van der Waals surface area contributed by atoms with Crippen LogP contribution in [0.25, 0.3) is 0 Å². The van der Waals surface area contributed by atoms with Crippen LogP contribution in [0.3, 0.4) is 0 Å². The van der Waals surface area contributed by atoms with E-state index in [2.05, 4.69) is 5.32 Å². The minimum absolute atomic E-state index is 0.0794. The van der Waals surface area contributed by atoms with Crippen LogP contribution < -0.4 is 5.32 Å². The molecule has 1 aliphatic rings. The minimum Gasteiger partial charge on any atom is -0.322 e. The molecule has 0 atom stereocenters. The summed E-state index contributed by atoms with van der Waals surface area (Å²) in [5.41, 5.74) is 2.46. The molecule has 132 valence electrons. The second-order valence-corrected chi connectivity index (χ2v) is 6.79. The van der Waals surface area contributed by atoms with Gasteiger partial charge in [-0.15, -0.1) is 0 Å². The van der Waals surface area contributed by atoms with E-state index in [0.717, 1.165) is 22.2 Å². The first-order valence-corrected chi connectivity index (χ1v) is 8.91. The third-order valence-corrected chi connectivity index (χ3v) is 4.75. The van der Waals surface area contributed by atoms with Gasteiger partial charge in [-0.2, -0.15) is 0 Å². The number of imide groups is 1. The molecule has 6 nitrogen and oxygen atoms in total. The molecule has 0 bridgehead atoms. The maximum Gasteiger partial charge on any atom is 0.289 e. The molecule has 0 aromatic heterocycles. The van der Waals surface area contributed by atoms with Gasteiger partial charge in [0.25, 0.3) is 11.1 Å². The third-order valence-electron chi connectivity index (χ3n) is 3.89. The van der Waals surface area contributed by atoms with Gasteiger partial charge in [0.2, 0.25) is 5.91 Å². The quantitative estimate of drug-likeness (QED) is 0.820. The molecule has 0 unspecified atom stereocenters. The molecule has 0 spiro atoms. The summed E-state index contributed by atoms with van der Waals surface area (Å²) in [6, 6.07) is 13.6. The van der Waals surface area contributed by atoms with Crippen molar-refractivity contribution in [3.63, 3.8) is 0 Å². The zero-order chi connectivity index (χ0) is 18.7. The number of benzene rings is 2. The summed E-state index contributed by atoms with van der Waals surface area (Å²) in [5, 5.41) is 2.37. The molecule has 0 radical (unpaired) electrons. The zero-order valence-corrected chi connectivity index (χ0v) is 14.8. The number of rotatable bonds is 5. The topological polar surface area (TPSA) is 83.6 Å². The highest BCUT2D eigenvalue weighted by Crippen LogP contribution is 2.19. The second kappa shape index (κ2) is 7.53. The Bertz CT molecular complexity index is 877. The molecule has 0 saturated carbocycles. The van der Waals surface area contributed by atoms with Crippen LogP contribution in [0.5, 0.6) is 0 Å². The van der Waals surface area contributed by atoms with E-state index >= 15 is 0 Å². The van der Waals surface area contributed by atoms with Crippen molar-refractivity contribution in [1.82, 2.24) is 4.90 Å². The summed E-state index contributed by atoms with van der Waals surface area (Å²) < 4.78 is 0. The maximum absolute atomic E-state index is 12.2. The van der Waals surface area contributed by atoms with E-state index in [1.807, 2.05) is 19.1 Å². The van der Waals surface area contributed by atoms with Gasteiger partial charge in [0, 0.05) is 16.8 Å². The van der Waals surface area contributed by atoms with Gasteiger partial charge >= 0.3 is 0 Å². The highest BCUT2D eigenvalue weighted by atomic mass is 32.2. The van der Waals surface area contributed by atoms with Gasteiger partial charge in [0.1, 0.15) is 0 Å². The molecular formula is C19H16N2O4S. The highest BCUT2D eigenvalue weighted by molar-refractivity contribution is 8.14. The fourth-order valence-electron chi connectivity index (χ4n) is 2.50. The number of thioether (sulfide) groups is 1. The summed E-state index contributed by atoms with van der Waals surface area (Å²) >= 11 is 0.897. The van der Waals surface area contributed by atoms with Crippen LogP contribution in [-0.2, 0) is 4.79 Å². The largest absolute Gasteiger partial charge is 0.322 e. The first-order chi connectivity index (χ1) is 12.4. The lowest BCUT2D eigenvalue weighted by atomic mass is 10.1. The molecule has 26 heavy (non-hydrogen) atoms. The summed E-state index contributed by atoms with van der Waals surface area (Å²) in [6.07, 6.45) is 0. The van der Waals surface area contributed by atoms with Crippen molar-refractivity contribution in [3.05, 3.63) is 65.2 Å². The minimum atomic E-state index is -0.398. The summed E-state index contributed by atoms with van der Waals surface area (Å²) in [4.78, 5) is 48.5. The predicted octanol–water partition coefficient (Wildman–Crippen LogP) is 3.13. The van der Waals surface area contributed by atoms with E-state index in [1.165, 1.54) is 0 Å². The van der Waals surface area contributed by atoms with Gasteiger partial charge in [-0.25, -0.2) is 0 Å². The van der Waals surface area contributed by atoms with Gasteiger partial charge in [-0.3, -0.25) is 24.1 Å². The zero-order valence-electron chi connectivity index (χ0n) is 14.0. The number of amides is 3. The number of nitrogens with zero attached hydrogens (tertiary/aromatic N) is 1. The second-order valence-electron chi connectivity index (χ2n) is 5.86. The fraction of sp³-hybridized carbons (Fsp3) is 0.158. The lowest BCUT2D eigenvalue weighted by molar-refractivity contribution is -0.124. The van der Waals surface area contributed by atoms with Crippen LogP contribution in [0.4, 0.5) is 10.5 Å². The Balaban J connectivity index is 1.64. The van der Waals surface area contributed by atoms with E-state index in [1.54, 1.807) is 36.4 Å². The van der Waals surface area contributed by atoms with Crippen LogP contribution >= 0.6 is 11.8 Å². The fourth-order valence-corrected chi connectivity index (χ4v) is 3.22. The predicted molar refractivity (Wildman–Crippen MR) is 99.5 cm³/mol. The van der Waals surface area contributed by atoms with E-state index in [0.29, 0.717) is 16.8 Å². The van der Waals surface area contributed by atoms with Crippen molar-refractivity contribution in [2.75, 3.05) is 17.6 Å². The van der Waals surface area contributed by atoms with E-state index < -0.39 is 5.24 Å². The Hall–Kier alpha value is -2.93. The first kappa shape index (κ1) is 17.9. The Labute approximate surface area is 154 Å². The molecule has 1 heterocycles. The van der Waals surface area contributed by atoms with Crippen molar-refractivity contribution in [1.29, 1.82) is 0 Å². The van der Waals surface area contributed by atoms with Crippen molar-refractivity contribution < 1.29 is 19.2 Å². The number of carbonyl (C=O) groups is 4. The normalized spacial score (nSPS) is 13.8. The number of carbonyl (C=O) groups excluding carboxylic acids is 4. The number of aryl methyl sites for hydroxylation is 1. The van der Waals surface area contributed by atoms with Gasteiger partial charge in [0.15, 0.2) is 5.78 Å². The van der Waals surface area contributed by atoms with Gasteiger partial charge in [0.05, 0.1) is 12.3 Å². The number of nitrogens with one attached hydrogen (secondary N) is 1. The molecule has 1 saturated heterocycles. The monoisotopic (exact) mass is 368 g/mol. The Morgan fingerprint density at radius 3 is 2.42 bits per heavy atom. The molecule has 0 aliphatic carbocycles. The molecule has 1 fully saturated rings. The molecular weight excluding hydrogens is 352 g/mol. The van der Waals surface area contributed by atoms with Crippen molar-refractivity contribution >= 4 is 40.3 Å². The van der Waals surface area contributed by atoms with Crippen molar-refractivity contribution in [2.24, 2.45) is 0 Å². The maximum atomic E-state index is 12.2. The van der Waals surface area contributed by atoms with E-state index in [4.69, 9.17) is 0 Å². The molecule has 3 rings (SSSR count). The number of hydrogen-bond donors (Lipinski definition) is 1. The molecule has 7 heteroatoms. The SMILES string of the molecule is Cc1cccc(C(=O)Nc2ccc(C(=O)CN3C(=O)CSC3=O)cc2)c1. The van der Waals surface area contributed by atoms with E-state index in [-0.39, 0.29) is 29.9 Å². The average Bonchev–Trinajstić information content (AvgIpc) is 2.94. The molecule has 1 aliphatic heterocycles. The van der Waals surface area contributed by atoms with Gasteiger partial charge in [-0.1, -0.05) is 29.5 Å². The average molecular weight is 368 g/mol. The highest BCUT2D eigenvalue weighted by Gasteiger charge is 2.31. The Morgan fingerprint density at radius 2 is 1.81 bits per heavy atom. The Kier molecular flexibility index (Phi) is 5.18. The smallest absolute Gasteiger partial charge is 0.289 e. The number of ketones is 1. The van der Waals surface area contributed by atoms with E-state index in [9.17, 15) is 19.2 Å². The molecule has 2 aromatic rings. The lowest BCUT2D eigenvalue weighted by Gasteiger charge is -2.12. The van der Waals surface area contributed by atoms with Gasteiger partial charge < -0.3 is 5.32 Å². The van der Waals surface area contributed by atoms with Crippen LogP contribution in [0.1, 0.15) is 26.3 Å². The van der Waals surface area contributed by atoms with Gasteiger partial charge in [-0.05, 0) is 43.3 Å². The molecule has 1 N–H and O–H groups in total.